The van der Waals surface area contributed by atoms with Crippen molar-refractivity contribution in [1.82, 2.24) is 10.6 Å². The molecule has 2 N–H and O–H groups in total. The van der Waals surface area contributed by atoms with Gasteiger partial charge in [-0.15, -0.1) is 24.0 Å². The maximum atomic E-state index is 5.35. The molecule has 0 aliphatic carbocycles. The quantitative estimate of drug-likeness (QED) is 0.200. The molecule has 0 aliphatic heterocycles. The van der Waals surface area contributed by atoms with Crippen molar-refractivity contribution in [3.05, 3.63) is 24.2 Å². The fraction of sp³-hybridized carbons (Fsp3) is 0.706. The minimum absolute atomic E-state index is 0. The van der Waals surface area contributed by atoms with Gasteiger partial charge in [0.05, 0.1) is 6.26 Å². The number of thioether (sulfide) groups is 1. The number of hydrogen-bond donors (Lipinski definition) is 2. The second-order valence-corrected chi connectivity index (χ2v) is 6.15. The van der Waals surface area contributed by atoms with Crippen LogP contribution in [0.2, 0.25) is 0 Å². The highest BCUT2D eigenvalue weighted by Gasteiger charge is 2.00. The topological polar surface area (TPSA) is 58.8 Å². The maximum Gasteiger partial charge on any atom is 0.191 e. The molecular formula is C17H32IN3O2S. The number of nitrogens with one attached hydrogen (secondary N) is 2. The number of guanidine groups is 1. The number of ether oxygens (including phenoxy) is 1. The summed E-state index contributed by atoms with van der Waals surface area (Å²) in [6.07, 6.45) is 8.07. The van der Waals surface area contributed by atoms with Crippen molar-refractivity contribution in [1.29, 1.82) is 0 Å². The molecule has 0 saturated carbocycles. The zero-order valence-electron chi connectivity index (χ0n) is 14.9. The Labute approximate surface area is 167 Å². The molecule has 1 aromatic rings. The second-order valence-electron chi connectivity index (χ2n) is 5.16. The van der Waals surface area contributed by atoms with Gasteiger partial charge in [0.2, 0.25) is 0 Å². The number of hydrogen-bond acceptors (Lipinski definition) is 4. The van der Waals surface area contributed by atoms with Crippen molar-refractivity contribution in [3.8, 4) is 0 Å². The van der Waals surface area contributed by atoms with Crippen LogP contribution in [0.25, 0.3) is 0 Å². The zero-order valence-corrected chi connectivity index (χ0v) is 18.0. The van der Waals surface area contributed by atoms with Gasteiger partial charge in [0.25, 0.3) is 0 Å². The van der Waals surface area contributed by atoms with Gasteiger partial charge < -0.3 is 19.8 Å². The summed E-state index contributed by atoms with van der Waals surface area (Å²) < 4.78 is 10.7. The lowest BCUT2D eigenvalue weighted by Gasteiger charge is -2.12. The van der Waals surface area contributed by atoms with Crippen molar-refractivity contribution >= 4 is 41.7 Å². The predicted octanol–water partition coefficient (Wildman–Crippen LogP) is 3.55. The van der Waals surface area contributed by atoms with Crippen LogP contribution in [-0.4, -0.2) is 50.8 Å². The van der Waals surface area contributed by atoms with E-state index < -0.39 is 0 Å². The van der Waals surface area contributed by atoms with Crippen LogP contribution in [0.15, 0.2) is 27.8 Å². The van der Waals surface area contributed by atoms with Crippen LogP contribution in [-0.2, 0) is 11.2 Å². The molecule has 0 amide bonds. The molecule has 0 spiro atoms. The number of nitrogens with zero attached hydrogens (tertiary/aromatic N) is 1. The average molecular weight is 469 g/mol. The molecule has 0 aliphatic rings. The van der Waals surface area contributed by atoms with Crippen molar-refractivity contribution in [2.45, 2.75) is 32.6 Å². The Morgan fingerprint density at radius 2 is 2.08 bits per heavy atom. The highest BCUT2D eigenvalue weighted by atomic mass is 127. The Morgan fingerprint density at radius 3 is 2.79 bits per heavy atom. The van der Waals surface area contributed by atoms with E-state index in [1.165, 1.54) is 18.6 Å². The molecule has 0 atom stereocenters. The van der Waals surface area contributed by atoms with Crippen LogP contribution < -0.4 is 10.6 Å². The summed E-state index contributed by atoms with van der Waals surface area (Å²) in [5.41, 5.74) is 0. The smallest absolute Gasteiger partial charge is 0.191 e. The summed E-state index contributed by atoms with van der Waals surface area (Å²) in [6.45, 7) is 6.11. The lowest BCUT2D eigenvalue weighted by atomic mass is 10.3. The molecule has 5 nitrogen and oxygen atoms in total. The van der Waals surface area contributed by atoms with Gasteiger partial charge in [-0.25, -0.2) is 0 Å². The minimum atomic E-state index is 0. The summed E-state index contributed by atoms with van der Waals surface area (Å²) >= 11 is 1.90. The maximum absolute atomic E-state index is 5.35. The first-order valence-corrected chi connectivity index (χ1v) is 9.87. The van der Waals surface area contributed by atoms with E-state index in [1.807, 2.05) is 30.8 Å². The van der Waals surface area contributed by atoms with Gasteiger partial charge in [0.15, 0.2) is 5.96 Å². The zero-order chi connectivity index (χ0) is 16.6. The molecule has 0 radical (unpaired) electrons. The Hall–Kier alpha value is -0.410. The van der Waals surface area contributed by atoms with Gasteiger partial charge in [-0.05, 0) is 50.3 Å². The predicted molar refractivity (Wildman–Crippen MR) is 115 cm³/mol. The van der Waals surface area contributed by atoms with Crippen LogP contribution in [0, 0.1) is 0 Å². The van der Waals surface area contributed by atoms with Crippen LogP contribution >= 0.6 is 35.7 Å². The highest BCUT2D eigenvalue weighted by molar-refractivity contribution is 14.0. The summed E-state index contributed by atoms with van der Waals surface area (Å²) in [5, 5.41) is 6.78. The Kier molecular flexibility index (Phi) is 17.1. The Morgan fingerprint density at radius 1 is 1.25 bits per heavy atom. The molecular weight excluding hydrogens is 437 g/mol. The van der Waals surface area contributed by atoms with E-state index in [0.29, 0.717) is 0 Å². The Balaban J connectivity index is 0.00000529. The van der Waals surface area contributed by atoms with E-state index >= 15 is 0 Å². The molecule has 0 unspecified atom stereocenters. The molecule has 24 heavy (non-hydrogen) atoms. The Bertz CT molecular complexity index is 403. The third kappa shape index (κ3) is 12.9. The average Bonchev–Trinajstić information content (AvgIpc) is 3.07. The monoisotopic (exact) mass is 469 g/mol. The van der Waals surface area contributed by atoms with E-state index in [4.69, 9.17) is 9.15 Å². The standard InChI is InChI=1S/C17H31N3O2S.HI/c1-3-21-13-7-11-19-17(18-10-4-5-15-23-2)20-12-9-16-8-6-14-22-16;/h6,8,14H,3-5,7,9-13,15H2,1-2H3,(H2,18,19,20);1H. The number of aliphatic imine (C=N–C) groups is 1. The van der Waals surface area contributed by atoms with Crippen molar-refractivity contribution in [2.24, 2.45) is 4.99 Å². The molecule has 7 heteroatoms. The van der Waals surface area contributed by atoms with Crippen LogP contribution in [0.5, 0.6) is 0 Å². The molecule has 0 aromatic carbocycles. The molecule has 0 saturated heterocycles. The first-order valence-electron chi connectivity index (χ1n) is 8.48. The number of rotatable bonds is 13. The lowest BCUT2D eigenvalue weighted by Crippen LogP contribution is -2.39. The number of furan rings is 1. The van der Waals surface area contributed by atoms with Crippen LogP contribution in [0.4, 0.5) is 0 Å². The van der Waals surface area contributed by atoms with Crippen molar-refractivity contribution in [3.63, 3.8) is 0 Å². The fourth-order valence-corrected chi connectivity index (χ4v) is 2.51. The van der Waals surface area contributed by atoms with Crippen LogP contribution in [0.1, 0.15) is 31.9 Å². The molecule has 140 valence electrons. The normalized spacial score (nSPS) is 11.2. The number of unbranched alkanes of at least 4 members (excludes halogenated alkanes) is 1. The molecule has 1 aromatic heterocycles. The van der Waals surface area contributed by atoms with Crippen molar-refractivity contribution in [2.75, 3.05) is 44.9 Å². The summed E-state index contributed by atoms with van der Waals surface area (Å²) in [4.78, 5) is 4.61. The van der Waals surface area contributed by atoms with E-state index in [2.05, 4.69) is 21.9 Å². The van der Waals surface area contributed by atoms with E-state index in [-0.39, 0.29) is 24.0 Å². The second kappa shape index (κ2) is 17.4. The highest BCUT2D eigenvalue weighted by Crippen LogP contribution is 2.00. The number of halogens is 1. The minimum Gasteiger partial charge on any atom is -0.469 e. The molecule has 0 fully saturated rings. The van der Waals surface area contributed by atoms with Crippen LogP contribution in [0.3, 0.4) is 0 Å². The van der Waals surface area contributed by atoms with Crippen molar-refractivity contribution < 1.29 is 9.15 Å². The van der Waals surface area contributed by atoms with Gasteiger partial charge in [0.1, 0.15) is 5.76 Å². The third-order valence-corrected chi connectivity index (χ3v) is 3.93. The van der Waals surface area contributed by atoms with E-state index in [1.54, 1.807) is 6.26 Å². The molecule has 1 heterocycles. The van der Waals surface area contributed by atoms with Gasteiger partial charge in [-0.2, -0.15) is 11.8 Å². The first-order chi connectivity index (χ1) is 11.4. The van der Waals surface area contributed by atoms with E-state index in [9.17, 15) is 0 Å². The van der Waals surface area contributed by atoms with Gasteiger partial charge in [-0.1, -0.05) is 0 Å². The lowest BCUT2D eigenvalue weighted by molar-refractivity contribution is 0.146. The summed E-state index contributed by atoms with van der Waals surface area (Å²) in [6, 6.07) is 3.92. The van der Waals surface area contributed by atoms with Gasteiger partial charge in [0, 0.05) is 39.3 Å². The largest absolute Gasteiger partial charge is 0.469 e. The van der Waals surface area contributed by atoms with E-state index in [0.717, 1.165) is 57.4 Å². The third-order valence-electron chi connectivity index (χ3n) is 3.23. The summed E-state index contributed by atoms with van der Waals surface area (Å²) in [5.74, 6) is 3.10. The first kappa shape index (κ1) is 23.6. The molecule has 1 rings (SSSR count). The fourth-order valence-electron chi connectivity index (χ4n) is 2.01. The summed E-state index contributed by atoms with van der Waals surface area (Å²) in [7, 11) is 0. The SMILES string of the molecule is CCOCCCN=C(NCCCCSC)NCCc1ccco1.I. The molecule has 0 bridgehead atoms. The van der Waals surface area contributed by atoms with Gasteiger partial charge >= 0.3 is 0 Å². The van der Waals surface area contributed by atoms with Gasteiger partial charge in [-0.3, -0.25) is 4.99 Å².